The maximum absolute atomic E-state index is 2.82. The minimum absolute atomic E-state index is 1.24. The Labute approximate surface area is 930 Å². The van der Waals surface area contributed by atoms with Gasteiger partial charge < -0.3 is 0 Å². The third-order valence-corrected chi connectivity index (χ3v) is 39.9. The Bertz CT molecular complexity index is 2680. The molecular weight excluding hydrogens is 1850 g/mol. The summed E-state index contributed by atoms with van der Waals surface area (Å²) in [7, 11) is 0. The van der Waals surface area contributed by atoms with E-state index in [2.05, 4.69) is 149 Å². The predicted octanol–water partition coefficient (Wildman–Crippen LogP) is 53.9. The third-order valence-electron chi connectivity index (χ3n) is 32.7. The van der Waals surface area contributed by atoms with Gasteiger partial charge in [-0.2, -0.15) is 0 Å². The first-order chi connectivity index (χ1) is 71.6. The summed E-state index contributed by atoms with van der Waals surface area (Å²) in [6.45, 7) is 14.0. The van der Waals surface area contributed by atoms with E-state index in [-0.39, 0.29) is 0 Å². The fourth-order valence-corrected chi connectivity index (χ4v) is 29.7. The van der Waals surface area contributed by atoms with Crippen molar-refractivity contribution in [3.05, 3.63) is 36.4 Å². The Morgan fingerprint density at radius 1 is 0.0903 bits per heavy atom. The zero-order valence-electron chi connectivity index (χ0n) is 98.5. The molecule has 0 aliphatic rings. The normalized spacial score (nSPS) is 12.0. The number of fused-ring (bicyclic) bond motifs is 6. The average Bonchev–Trinajstić information content (AvgIpc) is 0.724. The highest BCUT2D eigenvalue weighted by Gasteiger charge is 2.21. The van der Waals surface area contributed by atoms with Crippen LogP contribution < -0.4 is 0 Å². The van der Waals surface area contributed by atoms with Crippen LogP contribution in [0.25, 0.3) is 32.3 Å². The average molecular weight is 2100 g/mol. The van der Waals surface area contributed by atoms with Gasteiger partial charge in [0.25, 0.3) is 0 Å². The minimum atomic E-state index is 1.24. The quantitative estimate of drug-likeness (QED) is 0.0244. The number of unbranched alkanes of at least 4 members (excludes halogenated alkanes) is 102. The molecule has 0 N–H and O–H groups in total. The van der Waals surface area contributed by atoms with Crippen LogP contribution in [0.5, 0.6) is 0 Å². The largest absolute Gasteiger partial charge is 0.125 e. The number of thioether (sulfide) groups is 6. The van der Waals surface area contributed by atoms with Crippen LogP contribution in [0.2, 0.25) is 0 Å². The molecule has 0 radical (unpaired) electrons. The number of hydrogen-bond acceptors (Lipinski definition) is 6. The Kier molecular flexibility index (Phi) is 104. The Balaban J connectivity index is 1.68. The van der Waals surface area contributed by atoms with Crippen LogP contribution >= 0.6 is 70.6 Å². The van der Waals surface area contributed by atoms with Gasteiger partial charge in [0.2, 0.25) is 0 Å². The van der Waals surface area contributed by atoms with Crippen molar-refractivity contribution in [2.75, 3.05) is 34.5 Å². The summed E-state index contributed by atoms with van der Waals surface area (Å²) in [4.78, 5) is 9.52. The molecule has 0 saturated heterocycles. The minimum Gasteiger partial charge on any atom is -0.125 e. The van der Waals surface area contributed by atoms with Gasteiger partial charge in [0.05, 0.1) is 0 Å². The van der Waals surface area contributed by atoms with Crippen LogP contribution in [-0.2, 0) is 0 Å². The Morgan fingerprint density at radius 3 is 0.222 bits per heavy atom. The Morgan fingerprint density at radius 2 is 0.153 bits per heavy atom. The summed E-state index contributed by atoms with van der Waals surface area (Å²) in [5.74, 6) is 7.44. The van der Waals surface area contributed by atoms with Crippen molar-refractivity contribution in [2.45, 2.75) is 764 Å². The molecule has 0 aliphatic heterocycles. The van der Waals surface area contributed by atoms with Crippen molar-refractivity contribution < 1.29 is 0 Å². The molecule has 6 heteroatoms. The topological polar surface area (TPSA) is 0 Å². The number of benzene rings is 4. The lowest BCUT2D eigenvalue weighted by Crippen LogP contribution is -1.94. The lowest BCUT2D eigenvalue weighted by Gasteiger charge is -2.20. The van der Waals surface area contributed by atoms with Crippen LogP contribution in [-0.4, -0.2) is 34.5 Å². The van der Waals surface area contributed by atoms with Crippen LogP contribution in [0, 0.1) is 0 Å². The van der Waals surface area contributed by atoms with Crippen LogP contribution in [0.3, 0.4) is 0 Å². The predicted molar refractivity (Wildman–Crippen MR) is 676 cm³/mol. The summed E-state index contributed by atoms with van der Waals surface area (Å²) in [5, 5.41) is 9.27. The molecule has 0 spiro atoms. The number of rotatable bonds is 120. The Hall–Kier alpha value is -0.240. The first-order valence-corrected chi connectivity index (χ1v) is 72.8. The van der Waals surface area contributed by atoms with Crippen molar-refractivity contribution in [1.82, 2.24) is 0 Å². The maximum Gasteiger partial charge on any atom is 0.0215 e. The summed E-state index contributed by atoms with van der Waals surface area (Å²) in [5.41, 5.74) is 0. The van der Waals surface area contributed by atoms with E-state index in [1.54, 1.807) is 61.7 Å². The second-order valence-corrected chi connectivity index (χ2v) is 53.5. The highest BCUT2D eigenvalue weighted by Crippen LogP contribution is 2.49. The maximum atomic E-state index is 2.82. The fourth-order valence-electron chi connectivity index (χ4n) is 22.8. The SMILES string of the molecule is CCCCCCCCCCCCCCCCCCCCSc1cc2c3cc(SCCCCCCCCCCCCCCCCCCCC)c(SCCCCCCCCCCCCCCCCCCCC)cc3c3cc(SCCCCCCCCCCCCCCCCCCCC)c(SCCCCCCCCCCCCCCCCCCCC)cc3c2cc1SCCCCCCCCCCCCCCCCCCCC. The lowest BCUT2D eigenvalue weighted by atomic mass is 9.94. The highest BCUT2D eigenvalue weighted by atomic mass is 32.2. The van der Waals surface area contributed by atoms with E-state index in [4.69, 9.17) is 0 Å². The third kappa shape index (κ3) is 81.4. The van der Waals surface area contributed by atoms with Crippen molar-refractivity contribution >= 4 is 103 Å². The molecule has 0 bridgehead atoms. The van der Waals surface area contributed by atoms with Crippen LogP contribution in [0.1, 0.15) is 735 Å². The highest BCUT2D eigenvalue weighted by molar-refractivity contribution is 8.03. The second kappa shape index (κ2) is 110. The molecule has 0 nitrogen and oxygen atoms in total. The van der Waals surface area contributed by atoms with E-state index in [0.717, 1.165) is 0 Å². The van der Waals surface area contributed by atoms with Crippen molar-refractivity contribution in [2.24, 2.45) is 0 Å². The molecule has 0 heterocycles. The molecule has 840 valence electrons. The van der Waals surface area contributed by atoms with E-state index >= 15 is 0 Å². The van der Waals surface area contributed by atoms with Gasteiger partial charge in [-0.1, -0.05) is 696 Å². The second-order valence-electron chi connectivity index (χ2n) is 46.7. The van der Waals surface area contributed by atoms with Gasteiger partial charge in [0.15, 0.2) is 0 Å². The molecule has 0 atom stereocenters. The van der Waals surface area contributed by atoms with Gasteiger partial charge in [-0.05, 0) is 142 Å². The zero-order chi connectivity index (χ0) is 102. The molecule has 0 aromatic heterocycles. The summed E-state index contributed by atoms with van der Waals surface area (Å²) >= 11 is 13.5. The lowest BCUT2D eigenvalue weighted by molar-refractivity contribution is 0.526. The van der Waals surface area contributed by atoms with E-state index < -0.39 is 0 Å². The first-order valence-electron chi connectivity index (χ1n) is 66.9. The standard InChI is InChI=1S/C138H252S6/c1-7-13-19-25-31-37-43-49-55-61-67-73-79-85-91-97-103-109-115-139-133-121-127-128(122-134(133)140-116-110-104-98-92-86-80-74-68-62-56-50-44-38-32-26-20-14-8-2)130-124-136(142-118-112-106-100-94-88-82-76-70-64-58-52-46-40-34-28-22-16-10-4)138(144-120-114-108-102-96-90-84-78-72-66-60-54-48-42-36-30-24-18-12-6)126-132(130)131-125-137(143-119-113-107-101-95-89-83-77-71-65-59-53-47-41-35-29-23-17-11-5)135(123-129(127)131)141-117-111-105-99-93-87-81-75-69-63-57-51-45-39-33-27-21-15-9-3/h121-126H,7-120H2,1-6H3. The molecule has 0 amide bonds. The molecular formula is C138H252S6. The molecule has 0 fully saturated rings. The van der Waals surface area contributed by atoms with Crippen molar-refractivity contribution in [3.8, 4) is 0 Å². The van der Waals surface area contributed by atoms with Gasteiger partial charge in [0, 0.05) is 29.4 Å². The smallest absolute Gasteiger partial charge is 0.0215 e. The zero-order valence-corrected chi connectivity index (χ0v) is 103. The molecule has 0 saturated carbocycles. The van der Waals surface area contributed by atoms with Crippen LogP contribution in [0.15, 0.2) is 65.8 Å². The monoisotopic (exact) mass is 2100 g/mol. The van der Waals surface area contributed by atoms with E-state index in [0.29, 0.717) is 0 Å². The van der Waals surface area contributed by atoms with E-state index in [9.17, 15) is 0 Å². The molecule has 4 aromatic carbocycles. The fraction of sp³-hybridized carbons (Fsp3) is 0.870. The van der Waals surface area contributed by atoms with E-state index in [1.807, 2.05) is 0 Å². The molecule has 0 aliphatic carbocycles. The van der Waals surface area contributed by atoms with Gasteiger partial charge in [-0.3, -0.25) is 0 Å². The van der Waals surface area contributed by atoms with Gasteiger partial charge >= 0.3 is 0 Å². The van der Waals surface area contributed by atoms with Gasteiger partial charge in [0.1, 0.15) is 0 Å². The summed E-state index contributed by atoms with van der Waals surface area (Å²) in [6, 6.07) is 16.9. The number of hydrogen-bond donors (Lipinski definition) is 0. The van der Waals surface area contributed by atoms with Gasteiger partial charge in [-0.25, -0.2) is 0 Å². The van der Waals surface area contributed by atoms with E-state index in [1.165, 1.54) is 728 Å². The molecule has 144 heavy (non-hydrogen) atoms. The molecule has 0 unspecified atom stereocenters. The van der Waals surface area contributed by atoms with Crippen molar-refractivity contribution in [1.29, 1.82) is 0 Å². The van der Waals surface area contributed by atoms with Crippen molar-refractivity contribution in [3.63, 3.8) is 0 Å². The summed E-state index contributed by atoms with van der Waals surface area (Å²) in [6.07, 6.45) is 155. The molecule has 4 aromatic rings. The molecule has 4 rings (SSSR count). The van der Waals surface area contributed by atoms with Gasteiger partial charge in [-0.15, -0.1) is 70.6 Å². The van der Waals surface area contributed by atoms with Crippen LogP contribution in [0.4, 0.5) is 0 Å². The summed E-state index contributed by atoms with van der Waals surface area (Å²) < 4.78 is 0. The first kappa shape index (κ1) is 136.